The van der Waals surface area contributed by atoms with E-state index in [1.807, 2.05) is 0 Å². The van der Waals surface area contributed by atoms with Crippen molar-refractivity contribution in [3.8, 4) is 0 Å². The Kier molecular flexibility index (Phi) is 6.31. The van der Waals surface area contributed by atoms with Gasteiger partial charge in [0.1, 0.15) is 0 Å². The summed E-state index contributed by atoms with van der Waals surface area (Å²) < 4.78 is 0. The van der Waals surface area contributed by atoms with Gasteiger partial charge in [-0.3, -0.25) is 9.80 Å². The molecule has 2 saturated heterocycles. The van der Waals surface area contributed by atoms with E-state index in [-0.39, 0.29) is 0 Å². The zero-order valence-corrected chi connectivity index (χ0v) is 19.7. The molecule has 26 heavy (non-hydrogen) atoms. The molecule has 2 heteroatoms. The highest BCUT2D eigenvalue weighted by Gasteiger charge is 2.45. The molecule has 2 aliphatic heterocycles. The summed E-state index contributed by atoms with van der Waals surface area (Å²) in [6.07, 6.45) is 7.97. The van der Waals surface area contributed by atoms with E-state index in [0.29, 0.717) is 22.2 Å². The summed E-state index contributed by atoms with van der Waals surface area (Å²) in [5, 5.41) is 0. The van der Waals surface area contributed by atoms with E-state index in [1.54, 1.807) is 0 Å². The summed E-state index contributed by atoms with van der Waals surface area (Å²) >= 11 is 0. The van der Waals surface area contributed by atoms with Crippen LogP contribution in [0, 0.1) is 11.8 Å². The average molecular weight is 365 g/mol. The molecule has 0 spiro atoms. The molecule has 2 heterocycles. The Morgan fingerprint density at radius 2 is 0.769 bits per heavy atom. The van der Waals surface area contributed by atoms with Crippen molar-refractivity contribution < 1.29 is 0 Å². The number of piperidine rings is 2. The van der Waals surface area contributed by atoms with Gasteiger partial charge in [-0.2, -0.15) is 0 Å². The van der Waals surface area contributed by atoms with Crippen LogP contribution < -0.4 is 0 Å². The highest BCUT2D eigenvalue weighted by atomic mass is 15.3. The predicted octanol–water partition coefficient (Wildman–Crippen LogP) is 6.34. The van der Waals surface area contributed by atoms with Gasteiger partial charge in [-0.1, -0.05) is 13.8 Å². The van der Waals surface area contributed by atoms with E-state index < -0.39 is 0 Å². The van der Waals surface area contributed by atoms with Crippen LogP contribution in [0.25, 0.3) is 0 Å². The standard InChI is InChI=1S/C24H48N2/c1-19-15-21(3,4)25(22(5,6)16-19)13-11-12-14-26-23(7,8)17-20(2)18-24(26,9)10/h19-20H,11-18H2,1-10H3. The van der Waals surface area contributed by atoms with Crippen LogP contribution in [-0.4, -0.2) is 45.0 Å². The molecule has 0 unspecified atom stereocenters. The van der Waals surface area contributed by atoms with Crippen LogP contribution in [0.15, 0.2) is 0 Å². The minimum atomic E-state index is 0.334. The van der Waals surface area contributed by atoms with Gasteiger partial charge < -0.3 is 0 Å². The molecule has 154 valence electrons. The van der Waals surface area contributed by atoms with E-state index in [2.05, 4.69) is 79.0 Å². The number of nitrogens with zero attached hydrogens (tertiary/aromatic N) is 2. The molecule has 0 N–H and O–H groups in total. The molecule has 0 bridgehead atoms. The Balaban J connectivity index is 1.93. The van der Waals surface area contributed by atoms with Crippen molar-refractivity contribution in [1.82, 2.24) is 9.80 Å². The van der Waals surface area contributed by atoms with Crippen LogP contribution in [0.3, 0.4) is 0 Å². The molecule has 0 radical (unpaired) electrons. The van der Waals surface area contributed by atoms with E-state index >= 15 is 0 Å². The Labute approximate surface area is 165 Å². The normalized spacial score (nSPS) is 29.8. The van der Waals surface area contributed by atoms with Crippen LogP contribution in [0.4, 0.5) is 0 Å². The summed E-state index contributed by atoms with van der Waals surface area (Å²) in [7, 11) is 0. The lowest BCUT2D eigenvalue weighted by molar-refractivity contribution is -0.0585. The second-order valence-corrected chi connectivity index (χ2v) is 12.3. The molecule has 2 rings (SSSR count). The average Bonchev–Trinajstić information content (AvgIpc) is 2.35. The van der Waals surface area contributed by atoms with Crippen molar-refractivity contribution in [3.05, 3.63) is 0 Å². The fourth-order valence-electron chi connectivity index (χ4n) is 7.39. The van der Waals surface area contributed by atoms with Gasteiger partial charge in [0, 0.05) is 22.2 Å². The largest absolute Gasteiger partial charge is 0.293 e. The third-order valence-corrected chi connectivity index (χ3v) is 7.33. The molecule has 0 aromatic rings. The quantitative estimate of drug-likeness (QED) is 0.525. The van der Waals surface area contributed by atoms with E-state index in [1.165, 1.54) is 51.6 Å². The summed E-state index contributed by atoms with van der Waals surface area (Å²) in [5.74, 6) is 1.68. The molecule has 0 aliphatic carbocycles. The molecule has 2 nitrogen and oxygen atoms in total. The van der Waals surface area contributed by atoms with Gasteiger partial charge in [-0.05, 0) is 119 Å². The molecule has 0 amide bonds. The molecule has 0 saturated carbocycles. The Morgan fingerprint density at radius 3 is 1.00 bits per heavy atom. The van der Waals surface area contributed by atoms with Crippen molar-refractivity contribution in [2.24, 2.45) is 11.8 Å². The van der Waals surface area contributed by atoms with Gasteiger partial charge in [0.05, 0.1) is 0 Å². The maximum Gasteiger partial charge on any atom is 0.0161 e. The maximum absolute atomic E-state index is 2.81. The van der Waals surface area contributed by atoms with Crippen LogP contribution >= 0.6 is 0 Å². The van der Waals surface area contributed by atoms with Crippen molar-refractivity contribution in [2.45, 2.75) is 130 Å². The minimum Gasteiger partial charge on any atom is -0.293 e. The SMILES string of the molecule is CC1CC(C)(C)N(CCCCN2C(C)(C)CC(C)CC2(C)C)C(C)(C)C1. The van der Waals surface area contributed by atoms with Gasteiger partial charge in [0.25, 0.3) is 0 Å². The second-order valence-electron chi connectivity index (χ2n) is 12.3. The fourth-order valence-corrected chi connectivity index (χ4v) is 7.39. The fraction of sp³-hybridized carbons (Fsp3) is 1.00. The minimum absolute atomic E-state index is 0.334. The zero-order valence-electron chi connectivity index (χ0n) is 19.7. The van der Waals surface area contributed by atoms with Crippen molar-refractivity contribution >= 4 is 0 Å². The van der Waals surface area contributed by atoms with Crippen LogP contribution in [-0.2, 0) is 0 Å². The lowest BCUT2D eigenvalue weighted by Crippen LogP contribution is -2.61. The van der Waals surface area contributed by atoms with E-state index in [9.17, 15) is 0 Å². The number of rotatable bonds is 5. The highest BCUT2D eigenvalue weighted by molar-refractivity contribution is 5.00. The summed E-state index contributed by atoms with van der Waals surface area (Å²) in [4.78, 5) is 5.63. The first-order valence-corrected chi connectivity index (χ1v) is 11.2. The Morgan fingerprint density at radius 1 is 0.538 bits per heavy atom. The molecular formula is C24H48N2. The van der Waals surface area contributed by atoms with Gasteiger partial charge in [-0.25, -0.2) is 0 Å². The number of likely N-dealkylation sites (tertiary alicyclic amines) is 2. The van der Waals surface area contributed by atoms with Gasteiger partial charge in [-0.15, -0.1) is 0 Å². The molecule has 2 aliphatic rings. The number of hydrogen-bond acceptors (Lipinski definition) is 2. The van der Waals surface area contributed by atoms with Gasteiger partial charge >= 0.3 is 0 Å². The first-order valence-electron chi connectivity index (χ1n) is 11.2. The molecule has 0 aromatic heterocycles. The summed E-state index contributed by atoms with van der Waals surface area (Å²) in [5.41, 5.74) is 1.33. The van der Waals surface area contributed by atoms with E-state index in [0.717, 1.165) is 11.8 Å². The molecule has 2 fully saturated rings. The van der Waals surface area contributed by atoms with Crippen molar-refractivity contribution in [3.63, 3.8) is 0 Å². The van der Waals surface area contributed by atoms with Gasteiger partial charge in [0.2, 0.25) is 0 Å². The molecular weight excluding hydrogens is 316 g/mol. The summed E-state index contributed by atoms with van der Waals surface area (Å²) in [6, 6.07) is 0. The smallest absolute Gasteiger partial charge is 0.0161 e. The number of hydrogen-bond donors (Lipinski definition) is 0. The molecule has 0 aromatic carbocycles. The van der Waals surface area contributed by atoms with Gasteiger partial charge in [0.15, 0.2) is 0 Å². The van der Waals surface area contributed by atoms with Crippen LogP contribution in [0.5, 0.6) is 0 Å². The lowest BCUT2D eigenvalue weighted by Gasteiger charge is -2.56. The third-order valence-electron chi connectivity index (χ3n) is 7.33. The summed E-state index contributed by atoms with van der Waals surface area (Å²) in [6.45, 7) is 27.0. The topological polar surface area (TPSA) is 6.48 Å². The van der Waals surface area contributed by atoms with Crippen LogP contribution in [0.2, 0.25) is 0 Å². The van der Waals surface area contributed by atoms with E-state index in [4.69, 9.17) is 0 Å². The predicted molar refractivity (Wildman–Crippen MR) is 116 cm³/mol. The lowest BCUT2D eigenvalue weighted by atomic mass is 9.74. The Bertz CT molecular complexity index is 395. The highest BCUT2D eigenvalue weighted by Crippen LogP contribution is 2.42. The maximum atomic E-state index is 2.81. The van der Waals surface area contributed by atoms with Crippen molar-refractivity contribution in [1.29, 1.82) is 0 Å². The van der Waals surface area contributed by atoms with Crippen molar-refractivity contribution in [2.75, 3.05) is 13.1 Å². The second kappa shape index (κ2) is 7.39. The first kappa shape index (κ1) is 22.2. The monoisotopic (exact) mass is 364 g/mol. The molecule has 0 atom stereocenters. The number of unbranched alkanes of at least 4 members (excludes halogenated alkanes) is 1. The third kappa shape index (κ3) is 4.85. The zero-order chi connectivity index (χ0) is 20.0. The first-order chi connectivity index (χ1) is 11.7. The van der Waals surface area contributed by atoms with Crippen LogP contribution in [0.1, 0.15) is 108 Å². The Hall–Kier alpha value is -0.0800.